The average molecular weight is 205 g/mol. The number of hydrogen-bond donors (Lipinski definition) is 1. The normalized spacial score (nSPS) is 16.7. The number of aryl methyl sites for hydroxylation is 1. The minimum absolute atomic E-state index is 0.705. The van der Waals surface area contributed by atoms with Crippen LogP contribution in [-0.2, 0) is 6.54 Å². The molecule has 0 aliphatic carbocycles. The van der Waals surface area contributed by atoms with Crippen molar-refractivity contribution in [1.82, 2.24) is 15.2 Å². The van der Waals surface area contributed by atoms with E-state index in [1.807, 2.05) is 12.3 Å². The van der Waals surface area contributed by atoms with Crippen LogP contribution in [0.4, 0.5) is 0 Å². The molecule has 0 spiro atoms. The van der Waals surface area contributed by atoms with E-state index in [9.17, 15) is 0 Å². The highest BCUT2D eigenvalue weighted by molar-refractivity contribution is 5.17. The van der Waals surface area contributed by atoms with Crippen molar-refractivity contribution in [1.29, 1.82) is 0 Å². The zero-order valence-corrected chi connectivity index (χ0v) is 9.53. The summed E-state index contributed by atoms with van der Waals surface area (Å²) in [6, 6.07) is 4.84. The third-order valence-corrected chi connectivity index (χ3v) is 3.15. The lowest BCUT2D eigenvalue weighted by atomic mass is 10.1. The molecule has 3 nitrogen and oxygen atoms in total. The number of nitrogens with zero attached hydrogens (tertiary/aromatic N) is 2. The van der Waals surface area contributed by atoms with E-state index in [-0.39, 0.29) is 0 Å². The number of aromatic nitrogens is 1. The van der Waals surface area contributed by atoms with Crippen LogP contribution in [0.25, 0.3) is 0 Å². The Labute approximate surface area is 91.5 Å². The smallest absolute Gasteiger partial charge is 0.0573 e. The van der Waals surface area contributed by atoms with Gasteiger partial charge in [-0.05, 0) is 25.1 Å². The summed E-state index contributed by atoms with van der Waals surface area (Å²) in [6.45, 7) is 8.68. The molecule has 1 aliphatic rings. The van der Waals surface area contributed by atoms with Gasteiger partial charge in [-0.3, -0.25) is 9.88 Å². The second-order valence-electron chi connectivity index (χ2n) is 4.14. The molecule has 1 aromatic rings. The fourth-order valence-electron chi connectivity index (χ4n) is 1.91. The summed E-state index contributed by atoms with van der Waals surface area (Å²) in [5, 5.41) is 3.31. The predicted octanol–water partition coefficient (Wildman–Crippen LogP) is 1.18. The Morgan fingerprint density at radius 1 is 1.53 bits per heavy atom. The third kappa shape index (κ3) is 2.36. The van der Waals surface area contributed by atoms with Gasteiger partial charge in [0.15, 0.2) is 0 Å². The number of rotatable bonds is 4. The summed E-state index contributed by atoms with van der Waals surface area (Å²) in [5.41, 5.74) is 2.51. The maximum Gasteiger partial charge on any atom is 0.0573 e. The Morgan fingerprint density at radius 2 is 2.33 bits per heavy atom. The van der Waals surface area contributed by atoms with Crippen molar-refractivity contribution in [2.24, 2.45) is 0 Å². The molecule has 0 unspecified atom stereocenters. The molecule has 15 heavy (non-hydrogen) atoms. The fourth-order valence-corrected chi connectivity index (χ4v) is 1.91. The van der Waals surface area contributed by atoms with E-state index in [0.29, 0.717) is 6.04 Å². The van der Waals surface area contributed by atoms with Crippen LogP contribution in [-0.4, -0.2) is 35.6 Å². The lowest BCUT2D eigenvalue weighted by Crippen LogP contribution is -2.56. The van der Waals surface area contributed by atoms with E-state index in [1.54, 1.807) is 0 Å². The molecule has 1 aliphatic heterocycles. The lowest BCUT2D eigenvalue weighted by molar-refractivity contribution is 0.143. The molecule has 0 aromatic carbocycles. The van der Waals surface area contributed by atoms with Gasteiger partial charge >= 0.3 is 0 Å². The first-order chi connectivity index (χ1) is 7.31. The van der Waals surface area contributed by atoms with E-state index in [2.05, 4.69) is 35.1 Å². The van der Waals surface area contributed by atoms with Gasteiger partial charge in [-0.25, -0.2) is 0 Å². The molecular formula is C12H19N3. The maximum atomic E-state index is 4.44. The molecule has 0 amide bonds. The van der Waals surface area contributed by atoms with E-state index in [4.69, 9.17) is 0 Å². The summed E-state index contributed by atoms with van der Waals surface area (Å²) in [4.78, 5) is 6.94. The van der Waals surface area contributed by atoms with Gasteiger partial charge in [0.2, 0.25) is 0 Å². The van der Waals surface area contributed by atoms with Gasteiger partial charge in [-0.2, -0.15) is 0 Å². The van der Waals surface area contributed by atoms with Crippen LogP contribution in [0.1, 0.15) is 18.2 Å². The molecule has 1 aromatic heterocycles. The minimum Gasteiger partial charge on any atom is -0.314 e. The first-order valence-corrected chi connectivity index (χ1v) is 5.66. The standard InChI is InChI=1S/C12H19N3/c1-3-15(11-7-13-8-11)9-12-10(2)5-4-6-14-12/h4-6,11,13H,3,7-9H2,1-2H3. The van der Waals surface area contributed by atoms with Crippen LogP contribution in [0.2, 0.25) is 0 Å². The van der Waals surface area contributed by atoms with Gasteiger partial charge in [0.25, 0.3) is 0 Å². The molecule has 1 N–H and O–H groups in total. The molecule has 0 atom stereocenters. The Balaban J connectivity index is 2.02. The minimum atomic E-state index is 0.705. The summed E-state index contributed by atoms with van der Waals surface area (Å²) in [5.74, 6) is 0. The molecule has 1 saturated heterocycles. The second kappa shape index (κ2) is 4.73. The number of nitrogens with one attached hydrogen (secondary N) is 1. The maximum absolute atomic E-state index is 4.44. The molecule has 2 rings (SSSR count). The zero-order valence-electron chi connectivity index (χ0n) is 9.53. The molecule has 0 radical (unpaired) electrons. The van der Waals surface area contributed by atoms with Crippen molar-refractivity contribution in [3.05, 3.63) is 29.6 Å². The second-order valence-corrected chi connectivity index (χ2v) is 4.14. The molecule has 1 fully saturated rings. The SMILES string of the molecule is CCN(Cc1ncccc1C)C1CNC1. The van der Waals surface area contributed by atoms with Crippen LogP contribution < -0.4 is 5.32 Å². The van der Waals surface area contributed by atoms with Crippen LogP contribution in [0, 0.1) is 6.92 Å². The van der Waals surface area contributed by atoms with E-state index in [0.717, 1.165) is 26.2 Å². The summed E-state index contributed by atoms with van der Waals surface area (Å²) < 4.78 is 0. The van der Waals surface area contributed by atoms with E-state index < -0.39 is 0 Å². The lowest BCUT2D eigenvalue weighted by Gasteiger charge is -2.37. The highest BCUT2D eigenvalue weighted by atomic mass is 15.2. The van der Waals surface area contributed by atoms with E-state index in [1.165, 1.54) is 11.3 Å². The quantitative estimate of drug-likeness (QED) is 0.800. The van der Waals surface area contributed by atoms with Crippen LogP contribution >= 0.6 is 0 Å². The molecule has 3 heteroatoms. The fraction of sp³-hybridized carbons (Fsp3) is 0.583. The first kappa shape index (κ1) is 10.6. The van der Waals surface area contributed by atoms with Crippen molar-refractivity contribution in [2.75, 3.05) is 19.6 Å². The highest BCUT2D eigenvalue weighted by Crippen LogP contribution is 2.12. The molecule has 82 valence electrons. The number of likely N-dealkylation sites (N-methyl/N-ethyl adjacent to an activating group) is 1. The Morgan fingerprint density at radius 3 is 2.87 bits per heavy atom. The summed E-state index contributed by atoms with van der Waals surface area (Å²) >= 11 is 0. The first-order valence-electron chi connectivity index (χ1n) is 5.66. The molecule has 0 saturated carbocycles. The van der Waals surface area contributed by atoms with Gasteiger partial charge in [-0.1, -0.05) is 13.0 Å². The summed E-state index contributed by atoms with van der Waals surface area (Å²) in [7, 11) is 0. The van der Waals surface area contributed by atoms with Gasteiger partial charge in [-0.15, -0.1) is 0 Å². The number of hydrogen-bond acceptors (Lipinski definition) is 3. The van der Waals surface area contributed by atoms with Crippen LogP contribution in [0.15, 0.2) is 18.3 Å². The molecular weight excluding hydrogens is 186 g/mol. The van der Waals surface area contributed by atoms with Crippen molar-refractivity contribution < 1.29 is 0 Å². The van der Waals surface area contributed by atoms with Crippen molar-refractivity contribution in [3.8, 4) is 0 Å². The topological polar surface area (TPSA) is 28.2 Å². The van der Waals surface area contributed by atoms with Gasteiger partial charge < -0.3 is 5.32 Å². The Bertz CT molecular complexity index is 320. The van der Waals surface area contributed by atoms with Crippen molar-refractivity contribution in [2.45, 2.75) is 26.4 Å². The van der Waals surface area contributed by atoms with Gasteiger partial charge in [0, 0.05) is 31.9 Å². The highest BCUT2D eigenvalue weighted by Gasteiger charge is 2.23. The van der Waals surface area contributed by atoms with Crippen molar-refractivity contribution >= 4 is 0 Å². The van der Waals surface area contributed by atoms with Gasteiger partial charge in [0.1, 0.15) is 0 Å². The van der Waals surface area contributed by atoms with Gasteiger partial charge in [0.05, 0.1) is 5.69 Å². The predicted molar refractivity (Wildman–Crippen MR) is 61.7 cm³/mol. The van der Waals surface area contributed by atoms with E-state index >= 15 is 0 Å². The number of pyridine rings is 1. The van der Waals surface area contributed by atoms with Crippen LogP contribution in [0.5, 0.6) is 0 Å². The average Bonchev–Trinajstić information content (AvgIpc) is 2.17. The van der Waals surface area contributed by atoms with Crippen LogP contribution in [0.3, 0.4) is 0 Å². The molecule has 2 heterocycles. The monoisotopic (exact) mass is 205 g/mol. The third-order valence-electron chi connectivity index (χ3n) is 3.15. The summed E-state index contributed by atoms with van der Waals surface area (Å²) in [6.07, 6.45) is 1.88. The zero-order chi connectivity index (χ0) is 10.7. The van der Waals surface area contributed by atoms with Crippen molar-refractivity contribution in [3.63, 3.8) is 0 Å². The Kier molecular flexibility index (Phi) is 3.34. The molecule has 0 bridgehead atoms. The largest absolute Gasteiger partial charge is 0.314 e. The Hall–Kier alpha value is -0.930.